The molecule has 3 saturated carbocycles. The Balaban J connectivity index is 0.548. The summed E-state index contributed by atoms with van der Waals surface area (Å²) in [5.41, 5.74) is -0.521. The van der Waals surface area contributed by atoms with Crippen molar-refractivity contribution in [1.29, 1.82) is 0 Å². The zero-order chi connectivity index (χ0) is 99.9. The van der Waals surface area contributed by atoms with Gasteiger partial charge in [-0.1, -0.05) is 91.0 Å². The number of unbranched alkanes of at least 4 members (excludes halogenated alkanes) is 1. The number of aromatic nitrogens is 3. The lowest BCUT2D eigenvalue weighted by molar-refractivity contribution is -0.403. The van der Waals surface area contributed by atoms with E-state index >= 15 is 0 Å². The topological polar surface area (TPSA) is 681 Å². The third-order valence-corrected chi connectivity index (χ3v) is 30.6. The Kier molecular flexibility index (Phi) is 34.9. The second-order valence-corrected chi connectivity index (χ2v) is 40.1. The summed E-state index contributed by atoms with van der Waals surface area (Å²) in [5.74, 6) is -3.50. The van der Waals surface area contributed by atoms with Gasteiger partial charge in [-0.25, -0.2) is 4.68 Å². The lowest BCUT2D eigenvalue weighted by atomic mass is 9.46. The van der Waals surface area contributed by atoms with Gasteiger partial charge in [0, 0.05) is 47.2 Å². The molecule has 780 valence electrons. The van der Waals surface area contributed by atoms with Gasteiger partial charge in [0.1, 0.15) is 177 Å². The van der Waals surface area contributed by atoms with Crippen LogP contribution in [0.25, 0.3) is 0 Å². The fourth-order valence-electron chi connectivity index (χ4n) is 23.0. The van der Waals surface area contributed by atoms with Gasteiger partial charge >= 0.3 is 0 Å². The van der Waals surface area contributed by atoms with Crippen molar-refractivity contribution in [3.63, 3.8) is 0 Å². The second-order valence-electron chi connectivity index (χ2n) is 40.1. The Labute approximate surface area is 801 Å². The van der Waals surface area contributed by atoms with Gasteiger partial charge in [-0.3, -0.25) is 28.8 Å². The van der Waals surface area contributed by atoms with Crippen LogP contribution in [0.2, 0.25) is 0 Å². The van der Waals surface area contributed by atoms with Crippen LogP contribution in [-0.2, 0) is 113 Å². The Bertz CT molecular complexity index is 4550. The average Bonchev–Trinajstić information content (AvgIpc) is 1.53. The predicted octanol–water partition coefficient (Wildman–Crippen LogP) is -5.17. The fourth-order valence-corrected chi connectivity index (χ4v) is 23.0. The zero-order valence-corrected chi connectivity index (χ0v) is 78.6. The molecule has 0 radical (unpaired) electrons. The van der Waals surface area contributed by atoms with Gasteiger partial charge < -0.3 is 184 Å². The highest BCUT2D eigenvalue weighted by molar-refractivity contribution is 6.01. The summed E-state index contributed by atoms with van der Waals surface area (Å²) in [6.07, 6.45) is -51.1. The summed E-state index contributed by atoms with van der Waals surface area (Å²) in [5, 5.41) is 224. The van der Waals surface area contributed by atoms with E-state index in [0.29, 0.717) is 87.8 Å². The van der Waals surface area contributed by atoms with Crippen LogP contribution in [0, 0.1) is 46.3 Å². The first-order valence-corrected chi connectivity index (χ1v) is 48.6. The molecule has 21 N–H and O–H groups in total. The van der Waals surface area contributed by atoms with E-state index in [1.54, 1.807) is 64.1 Å². The molecule has 23 saturated heterocycles. The summed E-state index contributed by atoms with van der Waals surface area (Å²) in [7, 11) is 0. The number of aliphatic hydroxyl groups excluding tert-OH is 18. The summed E-state index contributed by atoms with van der Waals surface area (Å²) in [6, 6.07) is 5.58. The smallest absolute Gasteiger partial charge is 0.246 e. The molecule has 46 nitrogen and oxygen atoms in total. The number of anilines is 1. The zero-order valence-electron chi connectivity index (χ0n) is 78.6. The number of benzene rings is 1. The molecule has 23 aliphatic heterocycles. The highest BCUT2D eigenvalue weighted by Crippen LogP contribution is 2.70. The third kappa shape index (κ3) is 21.7. The maximum atomic E-state index is 14.9. The highest BCUT2D eigenvalue weighted by Gasteiger charge is 2.76. The van der Waals surface area contributed by atoms with Crippen LogP contribution in [0.15, 0.2) is 48.1 Å². The third-order valence-electron chi connectivity index (χ3n) is 30.6. The lowest BCUT2D eigenvalue weighted by Gasteiger charge is -2.59. The molecule has 139 heavy (non-hydrogen) atoms. The molecule has 1 aromatic heterocycles. The predicted molar refractivity (Wildman–Crippen MR) is 468 cm³/mol. The molecule has 43 atom stereocenters. The first kappa shape index (κ1) is 107. The number of fused-ring (bicyclic) bond motifs is 8. The number of hydrogen-bond acceptors (Lipinski definition) is 42. The monoisotopic (exact) mass is 1980 g/mol. The molecule has 46 heteroatoms. The van der Waals surface area contributed by atoms with Crippen LogP contribution >= 0.6 is 0 Å². The minimum Gasteiger partial charge on any atom is -0.486 e. The van der Waals surface area contributed by atoms with E-state index in [2.05, 4.69) is 40.1 Å². The van der Waals surface area contributed by atoms with E-state index in [-0.39, 0.29) is 78.6 Å². The molecule has 24 heterocycles. The standard InChI is InChI=1S/C93H138N6O40/c1-8-14-61-132-59-29-47-46-23-18-42-28-44(105)24-25-91(42,6)62(46)50(107)30-92(47,7)93(59,139-61)58(108)37-124-45-21-19-43(20-22-45)95-84(123)41(5)27-49(106)63(39(2)3)96-83(122)40(4)15-12-13-26-94-60(109)38-125-51-17-11-9-10-16-48-64(51)97-98-99(48)31-52-77-65(110)71(116)85(126-52)134-78-53(32-100)128-87(73(118)67(78)112)136-80-55(34-102)130-89(75(120)69(80)114)138-82-57(36-104)131-90(76(121)70(82)115)137-81-56(35-103)129-88(74(119)68(81)113)135-79-54(33-101)127-86(133-77)72(117)66(79)111/h19-22,24-25,28,39-41,46-47,50-57,59,61-63,65-82,85-90,100-104,107,110-121H,8-18,23,26-27,29-38H2,1-7H3,(H,94,109)(H,95,123)(H,96,122)/t40-,41-,46+,47+,50+,51?,52?,53?,54?,55?,56?,57?,59-,61?,62-,63+,65?,66?,67?,68?,69?,70?,71?,72?,73?,74?,75?,76?,77?,78?,79?,80?,81?,82?,85?,86?,87?,88?,89?,90?,91+,92+,93-/m1/s1. The van der Waals surface area contributed by atoms with Crippen LogP contribution in [0.1, 0.15) is 156 Å². The molecule has 3 amide bonds. The first-order chi connectivity index (χ1) is 66.3. The number of amides is 3. The Morgan fingerprint density at radius 1 is 0.561 bits per heavy atom. The van der Waals surface area contributed by atoms with Crippen LogP contribution < -0.4 is 20.7 Å². The van der Waals surface area contributed by atoms with Crippen molar-refractivity contribution < 1.29 is 196 Å². The van der Waals surface area contributed by atoms with Gasteiger partial charge in [-0.15, -0.1) is 5.10 Å². The first-order valence-electron chi connectivity index (χ1n) is 48.6. The number of carbonyl (C=O) groups excluding carboxylic acids is 6. The molecular formula is C93H138N6O40. The van der Waals surface area contributed by atoms with Crippen molar-refractivity contribution in [3.05, 3.63) is 59.5 Å². The number of rotatable bonds is 29. The van der Waals surface area contributed by atoms with Crippen LogP contribution in [0.4, 0.5) is 5.69 Å². The number of carbonyl (C=O) groups is 6. The van der Waals surface area contributed by atoms with E-state index in [1.165, 1.54) is 4.68 Å². The molecule has 1 aromatic carbocycles. The summed E-state index contributed by atoms with van der Waals surface area (Å²) in [4.78, 5) is 82.4. The van der Waals surface area contributed by atoms with Crippen molar-refractivity contribution in [3.8, 4) is 5.75 Å². The number of ether oxygens (including phenoxy) is 16. The molecule has 5 aliphatic carbocycles. The highest BCUT2D eigenvalue weighted by atomic mass is 16.8. The minimum absolute atomic E-state index is 0.0150. The average molecular weight is 1980 g/mol. The number of ketones is 3. The molecule has 2 aromatic rings. The summed E-state index contributed by atoms with van der Waals surface area (Å²) >= 11 is 0. The Morgan fingerprint density at radius 2 is 1.05 bits per heavy atom. The number of hydrogen-bond donors (Lipinski definition) is 21. The van der Waals surface area contributed by atoms with Crippen LogP contribution in [0.5, 0.6) is 5.75 Å². The van der Waals surface area contributed by atoms with E-state index in [4.69, 9.17) is 75.8 Å². The van der Waals surface area contributed by atoms with Gasteiger partial charge in [0.2, 0.25) is 23.5 Å². The number of nitrogens with one attached hydrogen (secondary N) is 3. The minimum atomic E-state index is -2.26. The van der Waals surface area contributed by atoms with Gasteiger partial charge in [0.25, 0.3) is 0 Å². The quantitative estimate of drug-likeness (QED) is 0.0339. The van der Waals surface area contributed by atoms with Crippen LogP contribution in [0.3, 0.4) is 0 Å². The normalized spacial score (nSPS) is 43.0. The van der Waals surface area contributed by atoms with E-state index in [0.717, 1.165) is 18.4 Å². The van der Waals surface area contributed by atoms with Crippen molar-refractivity contribution in [2.24, 2.45) is 46.3 Å². The summed E-state index contributed by atoms with van der Waals surface area (Å²) < 4.78 is 98.6. The molecular weight excluding hydrogens is 1840 g/mol. The van der Waals surface area contributed by atoms with Gasteiger partial charge in [-0.2, -0.15) is 0 Å². The molecule has 12 bridgehead atoms. The Hall–Kier alpha value is -6.26. The number of allylic oxidation sites excluding steroid dienone is 4. The van der Waals surface area contributed by atoms with Crippen molar-refractivity contribution >= 4 is 40.8 Å². The summed E-state index contributed by atoms with van der Waals surface area (Å²) in [6.45, 7) is 6.72. The van der Waals surface area contributed by atoms with E-state index in [1.807, 2.05) is 13.0 Å². The largest absolute Gasteiger partial charge is 0.486 e. The number of aliphatic hydroxyl groups is 18. The maximum Gasteiger partial charge on any atom is 0.246 e. The SMILES string of the molecule is CCCC1O[C@@H]2C[C@H]3[C@@H]4CCC5=CC(=O)C=C[C@]5(C)[C@H]4[C@@H](O)C[C@]3(C)[C@]2(C(=O)COc2ccc(NC(=O)[C@H](C)CC(=O)[C@@H](NC(=O)[C@H](C)CCCCNC(=O)COC3CCCCCc4c3nnn4CC3OC4OC5C(CO)OC(OC6C(CO)OC(OC7C(CO)OC(OC8C(CO)OC(OC9C(CO)OC(OC3C(O)C4O)C(O)C9O)C(O)C8O)C(O)C7O)C(O)C6O)C(O)C5O)C(C)C)cc2)O1. The van der Waals surface area contributed by atoms with Gasteiger partial charge in [0.05, 0.1) is 63.5 Å². The van der Waals surface area contributed by atoms with Gasteiger partial charge in [0.15, 0.2) is 61.2 Å². The number of Topliss-reactive ketones (excluding diaryl/α,β-unsaturated/α-hetero) is 2. The number of nitrogens with zero attached hydrogens (tertiary/aromatic N) is 3. The second kappa shape index (κ2) is 45.4. The van der Waals surface area contributed by atoms with E-state index in [9.17, 15) is 121 Å². The van der Waals surface area contributed by atoms with Crippen molar-refractivity contribution in [2.45, 2.75) is 372 Å². The maximum absolute atomic E-state index is 14.9. The van der Waals surface area contributed by atoms with Gasteiger partial charge in [-0.05, 0) is 118 Å². The van der Waals surface area contributed by atoms with Crippen molar-refractivity contribution in [2.75, 3.05) is 58.1 Å². The fraction of sp³-hybridized carbons (Fsp3) is 0.806. The van der Waals surface area contributed by atoms with Crippen molar-refractivity contribution in [1.82, 2.24) is 25.6 Å². The molecule has 30 rings (SSSR count). The van der Waals surface area contributed by atoms with E-state index < -0.39 is 301 Å². The Morgan fingerprint density at radius 3 is 1.53 bits per heavy atom. The molecule has 28 aliphatic rings. The van der Waals surface area contributed by atoms with Crippen LogP contribution in [-0.4, -0.2) is 409 Å². The molecule has 26 fully saturated rings. The molecule has 0 spiro atoms. The molecule has 32 unspecified atom stereocenters. The lowest BCUT2D eigenvalue weighted by Crippen LogP contribution is -2.69.